The van der Waals surface area contributed by atoms with Gasteiger partial charge in [-0.25, -0.2) is 9.37 Å². The lowest BCUT2D eigenvalue weighted by Gasteiger charge is -2.17. The molecule has 0 unspecified atom stereocenters. The number of benzene rings is 2. The Hall–Kier alpha value is -3.06. The minimum absolute atomic E-state index is 0.0439. The van der Waals surface area contributed by atoms with E-state index in [9.17, 15) is 14.0 Å². The summed E-state index contributed by atoms with van der Waals surface area (Å²) in [4.78, 5) is 29.5. The first-order valence-corrected chi connectivity index (χ1v) is 10.2. The Balaban J connectivity index is 1.44. The third kappa shape index (κ3) is 5.06. The molecule has 0 bridgehead atoms. The zero-order chi connectivity index (χ0) is 20.2. The third-order valence-corrected chi connectivity index (χ3v) is 5.42. The fourth-order valence-electron chi connectivity index (χ4n) is 2.84. The van der Waals surface area contributed by atoms with E-state index in [1.165, 1.54) is 23.5 Å². The number of amides is 1. The van der Waals surface area contributed by atoms with E-state index in [0.29, 0.717) is 16.3 Å². The fourth-order valence-corrected chi connectivity index (χ4v) is 3.67. The minimum Gasteiger partial charge on any atom is -0.447 e. The third-order valence-electron chi connectivity index (χ3n) is 4.48. The zero-order valence-corrected chi connectivity index (χ0v) is 16.3. The van der Waals surface area contributed by atoms with Crippen molar-refractivity contribution >= 4 is 23.2 Å². The Morgan fingerprint density at radius 3 is 2.55 bits per heavy atom. The molecule has 1 aliphatic rings. The molecule has 0 radical (unpaired) electrons. The quantitative estimate of drug-likeness (QED) is 0.597. The molecule has 1 fully saturated rings. The molecule has 1 heterocycles. The summed E-state index contributed by atoms with van der Waals surface area (Å²) in [7, 11) is 0. The molecular weight excluding hydrogens is 391 g/mol. The van der Waals surface area contributed by atoms with Gasteiger partial charge in [0.25, 0.3) is 5.91 Å². The number of rotatable bonds is 7. The molecule has 0 saturated heterocycles. The molecule has 0 spiro atoms. The number of carbonyl (C=O) groups is 2. The summed E-state index contributed by atoms with van der Waals surface area (Å²) in [5.74, 6) is -1.15. The van der Waals surface area contributed by atoms with Crippen molar-refractivity contribution in [1.29, 1.82) is 0 Å². The van der Waals surface area contributed by atoms with E-state index in [0.717, 1.165) is 18.4 Å². The van der Waals surface area contributed by atoms with E-state index in [1.54, 1.807) is 41.8 Å². The highest BCUT2D eigenvalue weighted by Gasteiger charge is 2.30. The van der Waals surface area contributed by atoms with Gasteiger partial charge in [0.1, 0.15) is 10.8 Å². The van der Waals surface area contributed by atoms with E-state index < -0.39 is 12.1 Å². The average Bonchev–Trinajstić information content (AvgIpc) is 3.42. The molecular formula is C22H19FN2O3S. The maximum atomic E-state index is 13.1. The van der Waals surface area contributed by atoms with Crippen LogP contribution in [0.2, 0.25) is 0 Å². The molecule has 1 saturated carbocycles. The van der Waals surface area contributed by atoms with Crippen molar-refractivity contribution < 1.29 is 18.7 Å². The van der Waals surface area contributed by atoms with Crippen LogP contribution in [0.3, 0.4) is 0 Å². The van der Waals surface area contributed by atoms with Gasteiger partial charge in [0.05, 0.1) is 12.1 Å². The van der Waals surface area contributed by atoms with Crippen LogP contribution in [0.25, 0.3) is 10.6 Å². The molecule has 1 aliphatic carbocycles. The van der Waals surface area contributed by atoms with E-state index >= 15 is 0 Å². The summed E-state index contributed by atoms with van der Waals surface area (Å²) in [5, 5.41) is 5.35. The molecule has 29 heavy (non-hydrogen) atoms. The summed E-state index contributed by atoms with van der Waals surface area (Å²) in [6.07, 6.45) is 0.871. The van der Waals surface area contributed by atoms with Crippen molar-refractivity contribution in [3.8, 4) is 10.6 Å². The Labute approximate surface area is 171 Å². The first-order valence-electron chi connectivity index (χ1n) is 9.33. The van der Waals surface area contributed by atoms with Crippen LogP contribution in [-0.2, 0) is 20.7 Å². The Bertz CT molecular complexity index is 1000. The highest BCUT2D eigenvalue weighted by Crippen LogP contribution is 2.26. The number of nitrogens with one attached hydrogen (secondary N) is 1. The zero-order valence-electron chi connectivity index (χ0n) is 15.5. The standard InChI is InChI=1S/C22H19FN2O3S/c23-16-8-6-15(7-9-16)22-25-18(13-29-22)12-19(26)28-20(14-4-2-1-3-5-14)21(27)24-17-10-11-17/h1-9,13,17,20H,10-12H2,(H,24,27)/t20-/m1/s1. The molecule has 1 atom stereocenters. The molecule has 7 heteroatoms. The Kier molecular flexibility index (Phi) is 5.67. The largest absolute Gasteiger partial charge is 0.447 e. The van der Waals surface area contributed by atoms with Gasteiger partial charge in [-0.3, -0.25) is 9.59 Å². The summed E-state index contributed by atoms with van der Waals surface area (Å²) in [5.41, 5.74) is 1.96. The molecule has 1 N–H and O–H groups in total. The van der Waals surface area contributed by atoms with Crippen molar-refractivity contribution in [3.05, 3.63) is 77.1 Å². The molecule has 0 aliphatic heterocycles. The van der Waals surface area contributed by atoms with Gasteiger partial charge in [-0.2, -0.15) is 0 Å². The number of hydrogen-bond acceptors (Lipinski definition) is 5. The number of carbonyl (C=O) groups excluding carboxylic acids is 2. The van der Waals surface area contributed by atoms with E-state index in [1.807, 2.05) is 6.07 Å². The van der Waals surface area contributed by atoms with Gasteiger partial charge in [-0.1, -0.05) is 30.3 Å². The number of halogens is 1. The van der Waals surface area contributed by atoms with E-state index in [4.69, 9.17) is 4.74 Å². The second-order valence-corrected chi connectivity index (χ2v) is 7.75. The van der Waals surface area contributed by atoms with Crippen LogP contribution in [-0.4, -0.2) is 22.9 Å². The van der Waals surface area contributed by atoms with Crippen LogP contribution in [0.15, 0.2) is 60.0 Å². The van der Waals surface area contributed by atoms with Crippen molar-refractivity contribution in [1.82, 2.24) is 10.3 Å². The minimum atomic E-state index is -0.987. The van der Waals surface area contributed by atoms with Gasteiger partial charge in [-0.15, -0.1) is 11.3 Å². The Morgan fingerprint density at radius 2 is 1.86 bits per heavy atom. The first kappa shape index (κ1) is 19.3. The van der Waals surface area contributed by atoms with E-state index in [-0.39, 0.29) is 24.2 Å². The van der Waals surface area contributed by atoms with Crippen molar-refractivity contribution in [2.24, 2.45) is 0 Å². The number of nitrogens with zero attached hydrogens (tertiary/aromatic N) is 1. The topological polar surface area (TPSA) is 68.3 Å². The SMILES string of the molecule is O=C(Cc1csc(-c2ccc(F)cc2)n1)O[C@@H](C(=O)NC1CC1)c1ccccc1. The van der Waals surface area contributed by atoms with Gasteiger partial charge in [-0.05, 0) is 37.1 Å². The Morgan fingerprint density at radius 1 is 1.14 bits per heavy atom. The second kappa shape index (κ2) is 8.53. The predicted molar refractivity (Wildman–Crippen MR) is 108 cm³/mol. The molecule has 1 amide bonds. The number of aromatic nitrogens is 1. The van der Waals surface area contributed by atoms with Crippen molar-refractivity contribution in [2.75, 3.05) is 0 Å². The summed E-state index contributed by atoms with van der Waals surface area (Å²) in [6.45, 7) is 0. The summed E-state index contributed by atoms with van der Waals surface area (Å²) >= 11 is 1.37. The highest BCUT2D eigenvalue weighted by atomic mass is 32.1. The van der Waals surface area contributed by atoms with Gasteiger partial charge < -0.3 is 10.1 Å². The summed E-state index contributed by atoms with van der Waals surface area (Å²) < 4.78 is 18.6. The maximum Gasteiger partial charge on any atom is 0.313 e. The van der Waals surface area contributed by atoms with Crippen LogP contribution in [0.5, 0.6) is 0 Å². The first-order chi connectivity index (χ1) is 14.1. The number of esters is 1. The smallest absolute Gasteiger partial charge is 0.313 e. The van der Waals surface area contributed by atoms with Crippen LogP contribution in [0.4, 0.5) is 4.39 Å². The normalized spacial score (nSPS) is 14.2. The van der Waals surface area contributed by atoms with Crippen LogP contribution < -0.4 is 5.32 Å². The van der Waals surface area contributed by atoms with Crippen LogP contribution in [0.1, 0.15) is 30.2 Å². The van der Waals surface area contributed by atoms with E-state index in [2.05, 4.69) is 10.3 Å². The number of hydrogen-bond donors (Lipinski definition) is 1. The van der Waals surface area contributed by atoms with Gasteiger partial charge >= 0.3 is 5.97 Å². The fraction of sp³-hybridized carbons (Fsp3) is 0.227. The monoisotopic (exact) mass is 410 g/mol. The number of thiazole rings is 1. The second-order valence-electron chi connectivity index (χ2n) is 6.89. The van der Waals surface area contributed by atoms with Crippen LogP contribution in [0, 0.1) is 5.82 Å². The van der Waals surface area contributed by atoms with Crippen molar-refractivity contribution in [2.45, 2.75) is 31.4 Å². The molecule has 1 aromatic heterocycles. The molecule has 2 aromatic carbocycles. The molecule has 4 rings (SSSR count). The molecule has 3 aromatic rings. The molecule has 148 valence electrons. The van der Waals surface area contributed by atoms with Gasteiger partial charge in [0, 0.05) is 22.5 Å². The maximum absolute atomic E-state index is 13.1. The summed E-state index contributed by atoms with van der Waals surface area (Å²) in [6, 6.07) is 15.2. The lowest BCUT2D eigenvalue weighted by atomic mass is 10.1. The number of ether oxygens (including phenoxy) is 1. The molecule has 5 nitrogen and oxygen atoms in total. The van der Waals surface area contributed by atoms with Gasteiger partial charge in [0.2, 0.25) is 6.10 Å². The van der Waals surface area contributed by atoms with Crippen LogP contribution >= 0.6 is 11.3 Å². The average molecular weight is 410 g/mol. The lowest BCUT2D eigenvalue weighted by molar-refractivity contribution is -0.156. The lowest BCUT2D eigenvalue weighted by Crippen LogP contribution is -2.33. The predicted octanol–water partition coefficient (Wildman–Crippen LogP) is 4.05. The highest BCUT2D eigenvalue weighted by molar-refractivity contribution is 7.13. The van der Waals surface area contributed by atoms with Gasteiger partial charge in [0.15, 0.2) is 0 Å². The van der Waals surface area contributed by atoms with Crippen molar-refractivity contribution in [3.63, 3.8) is 0 Å².